The summed E-state index contributed by atoms with van der Waals surface area (Å²) < 4.78 is 25.4. The molecule has 0 aliphatic carbocycles. The maximum atomic E-state index is 12.1. The summed E-state index contributed by atoms with van der Waals surface area (Å²) in [6.07, 6.45) is 0.385. The Labute approximate surface area is 138 Å². The number of carbonyl (C=O) groups is 1. The molecule has 1 rings (SSSR count). The van der Waals surface area contributed by atoms with Gasteiger partial charge < -0.3 is 10.6 Å². The monoisotopic (exact) mass is 349 g/mol. The second-order valence-corrected chi connectivity index (χ2v) is 7.15. The van der Waals surface area contributed by atoms with Gasteiger partial charge in [-0.25, -0.2) is 12.7 Å². The SMILES string of the molecule is CNCCC(=O)NC(C)c1cccc(S(=O)(=O)N(C)C)c1.Cl. The lowest BCUT2D eigenvalue weighted by atomic mass is 10.1. The molecule has 0 aromatic heterocycles. The first kappa shape index (κ1) is 20.9. The number of hydrogen-bond donors (Lipinski definition) is 2. The molecule has 1 atom stereocenters. The molecule has 0 saturated heterocycles. The van der Waals surface area contributed by atoms with E-state index in [1.165, 1.54) is 18.4 Å². The molecule has 1 aromatic carbocycles. The summed E-state index contributed by atoms with van der Waals surface area (Å²) in [5, 5.41) is 5.76. The molecule has 0 bridgehead atoms. The fraction of sp³-hybridized carbons (Fsp3) is 0.500. The molecule has 126 valence electrons. The van der Waals surface area contributed by atoms with E-state index in [1.54, 1.807) is 31.3 Å². The molecule has 1 unspecified atom stereocenters. The smallest absolute Gasteiger partial charge is 0.242 e. The van der Waals surface area contributed by atoms with Crippen LogP contribution in [0.25, 0.3) is 0 Å². The van der Waals surface area contributed by atoms with E-state index in [-0.39, 0.29) is 29.3 Å². The second-order valence-electron chi connectivity index (χ2n) is 5.00. The van der Waals surface area contributed by atoms with Crippen molar-refractivity contribution in [1.82, 2.24) is 14.9 Å². The van der Waals surface area contributed by atoms with Crippen molar-refractivity contribution in [1.29, 1.82) is 0 Å². The summed E-state index contributed by atoms with van der Waals surface area (Å²) in [6.45, 7) is 2.44. The van der Waals surface area contributed by atoms with Crippen molar-refractivity contribution in [2.75, 3.05) is 27.7 Å². The van der Waals surface area contributed by atoms with Crippen LogP contribution >= 0.6 is 12.4 Å². The highest BCUT2D eigenvalue weighted by molar-refractivity contribution is 7.89. The average Bonchev–Trinajstić information content (AvgIpc) is 2.45. The molecule has 0 radical (unpaired) electrons. The van der Waals surface area contributed by atoms with Crippen LogP contribution in [-0.4, -0.2) is 46.3 Å². The first-order valence-corrected chi connectivity index (χ1v) is 8.19. The molecule has 0 heterocycles. The van der Waals surface area contributed by atoms with Gasteiger partial charge in [0.05, 0.1) is 10.9 Å². The van der Waals surface area contributed by atoms with E-state index in [1.807, 2.05) is 6.92 Å². The Hall–Kier alpha value is -1.15. The van der Waals surface area contributed by atoms with Crippen LogP contribution in [0.4, 0.5) is 0 Å². The number of carbonyl (C=O) groups excluding carboxylic acids is 1. The fourth-order valence-corrected chi connectivity index (χ4v) is 2.75. The third-order valence-electron chi connectivity index (χ3n) is 3.12. The number of nitrogens with one attached hydrogen (secondary N) is 2. The number of amides is 1. The van der Waals surface area contributed by atoms with E-state index < -0.39 is 10.0 Å². The van der Waals surface area contributed by atoms with Gasteiger partial charge in [0, 0.05) is 27.1 Å². The molecule has 0 aliphatic heterocycles. The standard InChI is InChI=1S/C14H23N3O3S.ClH/c1-11(16-14(18)8-9-15-2)12-6-5-7-13(10-12)21(19,20)17(3)4;/h5-7,10-11,15H,8-9H2,1-4H3,(H,16,18);1H. The Balaban J connectivity index is 0.00000441. The molecule has 2 N–H and O–H groups in total. The Morgan fingerprint density at radius 1 is 1.32 bits per heavy atom. The highest BCUT2D eigenvalue weighted by atomic mass is 35.5. The van der Waals surface area contributed by atoms with Gasteiger partial charge >= 0.3 is 0 Å². The number of sulfonamides is 1. The number of benzene rings is 1. The maximum Gasteiger partial charge on any atom is 0.242 e. The summed E-state index contributed by atoms with van der Waals surface area (Å²) in [7, 11) is 1.30. The van der Waals surface area contributed by atoms with Crippen LogP contribution in [0.15, 0.2) is 29.2 Å². The van der Waals surface area contributed by atoms with Crippen LogP contribution in [0.5, 0.6) is 0 Å². The zero-order valence-corrected chi connectivity index (χ0v) is 14.9. The second kappa shape index (κ2) is 9.09. The first-order chi connectivity index (χ1) is 9.78. The van der Waals surface area contributed by atoms with Gasteiger partial charge in [0.25, 0.3) is 0 Å². The lowest BCUT2D eigenvalue weighted by molar-refractivity contribution is -0.121. The minimum atomic E-state index is -3.46. The van der Waals surface area contributed by atoms with Crippen molar-refractivity contribution in [3.05, 3.63) is 29.8 Å². The maximum absolute atomic E-state index is 12.1. The third kappa shape index (κ3) is 5.57. The van der Waals surface area contributed by atoms with E-state index in [4.69, 9.17) is 0 Å². The van der Waals surface area contributed by atoms with Gasteiger partial charge in [0.2, 0.25) is 15.9 Å². The molecule has 0 fully saturated rings. The highest BCUT2D eigenvalue weighted by Gasteiger charge is 2.18. The van der Waals surface area contributed by atoms with Crippen LogP contribution in [0, 0.1) is 0 Å². The molecule has 0 saturated carbocycles. The van der Waals surface area contributed by atoms with Crippen LogP contribution in [0.3, 0.4) is 0 Å². The van der Waals surface area contributed by atoms with Gasteiger partial charge in [-0.3, -0.25) is 4.79 Å². The van der Waals surface area contributed by atoms with Crippen molar-refractivity contribution in [3.63, 3.8) is 0 Å². The van der Waals surface area contributed by atoms with Crippen molar-refractivity contribution in [2.45, 2.75) is 24.3 Å². The van der Waals surface area contributed by atoms with E-state index in [0.717, 1.165) is 5.56 Å². The molecule has 1 aromatic rings. The Morgan fingerprint density at radius 3 is 2.50 bits per heavy atom. The quantitative estimate of drug-likeness (QED) is 0.774. The summed E-state index contributed by atoms with van der Waals surface area (Å²) in [6, 6.07) is 6.39. The van der Waals surface area contributed by atoms with E-state index in [2.05, 4.69) is 10.6 Å². The van der Waals surface area contributed by atoms with Crippen LogP contribution in [0.1, 0.15) is 24.9 Å². The van der Waals surface area contributed by atoms with Crippen LogP contribution in [-0.2, 0) is 14.8 Å². The van der Waals surface area contributed by atoms with Gasteiger partial charge in [-0.1, -0.05) is 12.1 Å². The molecule has 0 aliphatic rings. The van der Waals surface area contributed by atoms with Crippen molar-refractivity contribution in [3.8, 4) is 0 Å². The lowest BCUT2D eigenvalue weighted by Crippen LogP contribution is -2.29. The summed E-state index contributed by atoms with van der Waals surface area (Å²) in [5.41, 5.74) is 0.760. The zero-order chi connectivity index (χ0) is 16.0. The van der Waals surface area contributed by atoms with Crippen molar-refractivity contribution < 1.29 is 13.2 Å². The molecular formula is C14H24ClN3O3S. The Kier molecular flexibility index (Phi) is 8.62. The van der Waals surface area contributed by atoms with E-state index in [0.29, 0.717) is 13.0 Å². The summed E-state index contributed by atoms with van der Waals surface area (Å²) >= 11 is 0. The largest absolute Gasteiger partial charge is 0.350 e. The van der Waals surface area contributed by atoms with Crippen LogP contribution in [0.2, 0.25) is 0 Å². The average molecular weight is 350 g/mol. The zero-order valence-electron chi connectivity index (χ0n) is 13.3. The molecule has 6 nitrogen and oxygen atoms in total. The number of rotatable bonds is 7. The van der Waals surface area contributed by atoms with Gasteiger partial charge in [-0.15, -0.1) is 12.4 Å². The summed E-state index contributed by atoms with van der Waals surface area (Å²) in [5.74, 6) is -0.0716. The van der Waals surface area contributed by atoms with Gasteiger partial charge in [-0.2, -0.15) is 0 Å². The number of nitrogens with zero attached hydrogens (tertiary/aromatic N) is 1. The number of hydrogen-bond acceptors (Lipinski definition) is 4. The Morgan fingerprint density at radius 2 is 1.95 bits per heavy atom. The summed E-state index contributed by atoms with van der Waals surface area (Å²) in [4.78, 5) is 11.9. The minimum Gasteiger partial charge on any atom is -0.350 e. The van der Waals surface area contributed by atoms with Crippen LogP contribution < -0.4 is 10.6 Å². The number of halogens is 1. The van der Waals surface area contributed by atoms with E-state index >= 15 is 0 Å². The third-order valence-corrected chi connectivity index (χ3v) is 4.93. The molecule has 0 spiro atoms. The normalized spacial score (nSPS) is 12.6. The predicted molar refractivity (Wildman–Crippen MR) is 89.7 cm³/mol. The molecule has 22 heavy (non-hydrogen) atoms. The van der Waals surface area contributed by atoms with E-state index in [9.17, 15) is 13.2 Å². The first-order valence-electron chi connectivity index (χ1n) is 6.75. The van der Waals surface area contributed by atoms with Crippen molar-refractivity contribution >= 4 is 28.3 Å². The van der Waals surface area contributed by atoms with Crippen molar-refractivity contribution in [2.24, 2.45) is 0 Å². The fourth-order valence-electron chi connectivity index (χ4n) is 1.79. The highest BCUT2D eigenvalue weighted by Crippen LogP contribution is 2.19. The predicted octanol–water partition coefficient (Wildman–Crippen LogP) is 1.15. The Bertz CT molecular complexity index is 591. The molecule has 1 amide bonds. The molecule has 8 heteroatoms. The van der Waals surface area contributed by atoms with Gasteiger partial charge in [-0.05, 0) is 31.7 Å². The topological polar surface area (TPSA) is 78.5 Å². The van der Waals surface area contributed by atoms with Gasteiger partial charge in [0.1, 0.15) is 0 Å². The van der Waals surface area contributed by atoms with Gasteiger partial charge in [0.15, 0.2) is 0 Å². The minimum absolute atomic E-state index is 0. The molecular weight excluding hydrogens is 326 g/mol. The lowest BCUT2D eigenvalue weighted by Gasteiger charge is -2.17.